The van der Waals surface area contributed by atoms with Crippen LogP contribution in [0.4, 0.5) is 0 Å². The summed E-state index contributed by atoms with van der Waals surface area (Å²) >= 11 is 0. The molecule has 0 aromatic carbocycles. The van der Waals surface area contributed by atoms with Gasteiger partial charge in [0.2, 0.25) is 0 Å². The third-order valence-electron chi connectivity index (χ3n) is 4.97. The van der Waals surface area contributed by atoms with Crippen molar-refractivity contribution in [3.05, 3.63) is 58.0 Å². The summed E-state index contributed by atoms with van der Waals surface area (Å²) in [7, 11) is 0. The number of fused-ring (bicyclic) bond motifs is 1. The van der Waals surface area contributed by atoms with Gasteiger partial charge in [0.1, 0.15) is 5.82 Å². The minimum Gasteiger partial charge on any atom is -0.338 e. The first-order valence-electron chi connectivity index (χ1n) is 8.52. The maximum absolute atomic E-state index is 12.7. The summed E-state index contributed by atoms with van der Waals surface area (Å²) < 4.78 is 2.19. The van der Waals surface area contributed by atoms with Crippen LogP contribution in [0.2, 0.25) is 0 Å². The molecule has 1 amide bonds. The molecule has 4 heterocycles. The smallest absolute Gasteiger partial charge is 0.273 e. The Balaban J connectivity index is 1.60. The number of rotatable bonds is 2. The first-order chi connectivity index (χ1) is 11.7. The topological polar surface area (TPSA) is 68.1 Å². The molecule has 2 aromatic heterocycles. The largest absolute Gasteiger partial charge is 0.338 e. The molecule has 0 saturated carbocycles. The summed E-state index contributed by atoms with van der Waals surface area (Å²) in [6.07, 6.45) is 7.15. The van der Waals surface area contributed by atoms with E-state index < -0.39 is 0 Å². The van der Waals surface area contributed by atoms with Crippen LogP contribution in [0.5, 0.6) is 0 Å². The number of aromatic nitrogens is 3. The van der Waals surface area contributed by atoms with Gasteiger partial charge in [0, 0.05) is 61.7 Å². The van der Waals surface area contributed by atoms with E-state index in [0.717, 1.165) is 50.3 Å². The molecule has 1 fully saturated rings. The van der Waals surface area contributed by atoms with Crippen molar-refractivity contribution in [3.63, 3.8) is 0 Å². The van der Waals surface area contributed by atoms with Crippen molar-refractivity contribution < 1.29 is 4.79 Å². The molecule has 0 unspecified atom stereocenters. The van der Waals surface area contributed by atoms with Crippen LogP contribution in [-0.2, 0) is 13.0 Å². The van der Waals surface area contributed by atoms with Crippen molar-refractivity contribution in [3.8, 4) is 0 Å². The number of nitrogens with zero attached hydrogens (tertiary/aromatic N) is 4. The van der Waals surface area contributed by atoms with Gasteiger partial charge < -0.3 is 9.47 Å². The molecule has 2 aliphatic rings. The molecule has 4 rings (SSSR count). The van der Waals surface area contributed by atoms with Crippen molar-refractivity contribution in [2.45, 2.75) is 38.1 Å². The van der Waals surface area contributed by atoms with Gasteiger partial charge in [-0.05, 0) is 31.4 Å². The fraction of sp³-hybridized carbons (Fsp3) is 0.444. The molecule has 6 nitrogen and oxygen atoms in total. The second-order valence-electron chi connectivity index (χ2n) is 6.52. The van der Waals surface area contributed by atoms with E-state index in [9.17, 15) is 9.59 Å². The first-order valence-corrected chi connectivity index (χ1v) is 8.52. The monoisotopic (exact) mass is 324 g/mol. The number of pyridine rings is 1. The Bertz CT molecular complexity index is 816. The lowest BCUT2D eigenvalue weighted by Gasteiger charge is -2.34. The van der Waals surface area contributed by atoms with Gasteiger partial charge in [-0.25, -0.2) is 0 Å². The van der Waals surface area contributed by atoms with E-state index in [-0.39, 0.29) is 17.4 Å². The highest BCUT2D eigenvalue weighted by Gasteiger charge is 2.28. The zero-order valence-electron chi connectivity index (χ0n) is 13.5. The van der Waals surface area contributed by atoms with E-state index in [2.05, 4.69) is 14.5 Å². The second-order valence-corrected chi connectivity index (χ2v) is 6.52. The minimum atomic E-state index is -0.157. The maximum Gasteiger partial charge on any atom is 0.273 e. The summed E-state index contributed by atoms with van der Waals surface area (Å²) in [4.78, 5) is 34.6. The molecule has 1 saturated heterocycles. The molecule has 0 aliphatic carbocycles. The SMILES string of the molecule is O=C(c1ccncc1)N1CCC[C@H](c2cc(=O)nc3n2CCC3)C1. The van der Waals surface area contributed by atoms with Gasteiger partial charge >= 0.3 is 0 Å². The van der Waals surface area contributed by atoms with Crippen LogP contribution >= 0.6 is 0 Å². The lowest BCUT2D eigenvalue weighted by atomic mass is 9.93. The number of carbonyl (C=O) groups is 1. The predicted octanol–water partition coefficient (Wildman–Crippen LogP) is 1.60. The highest BCUT2D eigenvalue weighted by atomic mass is 16.2. The lowest BCUT2D eigenvalue weighted by Crippen LogP contribution is -2.40. The van der Waals surface area contributed by atoms with Gasteiger partial charge in [0.05, 0.1) is 0 Å². The standard InChI is InChI=1S/C18H20N4O2/c23-17-11-15(22-10-2-4-16(22)20-17)14-3-1-9-21(12-14)18(24)13-5-7-19-8-6-13/h5-8,11,14H,1-4,9-10,12H2/t14-/m0/s1. The van der Waals surface area contributed by atoms with Crippen LogP contribution in [0.3, 0.4) is 0 Å². The van der Waals surface area contributed by atoms with E-state index in [1.54, 1.807) is 30.6 Å². The molecule has 124 valence electrons. The quantitative estimate of drug-likeness (QED) is 0.841. The third-order valence-corrected chi connectivity index (χ3v) is 4.97. The highest BCUT2D eigenvalue weighted by Crippen LogP contribution is 2.29. The van der Waals surface area contributed by atoms with Crippen molar-refractivity contribution in [1.29, 1.82) is 0 Å². The summed E-state index contributed by atoms with van der Waals surface area (Å²) in [5.74, 6) is 1.15. The second kappa shape index (κ2) is 6.19. The number of piperidine rings is 1. The van der Waals surface area contributed by atoms with E-state index in [4.69, 9.17) is 0 Å². The first kappa shape index (κ1) is 15.1. The number of hydrogen-bond acceptors (Lipinski definition) is 4. The van der Waals surface area contributed by atoms with Crippen LogP contribution in [0.25, 0.3) is 0 Å². The fourth-order valence-corrected chi connectivity index (χ4v) is 3.84. The summed E-state index contributed by atoms with van der Waals surface area (Å²) in [6, 6.07) is 5.17. The number of aryl methyl sites for hydroxylation is 1. The molecule has 0 radical (unpaired) electrons. The molecule has 0 bridgehead atoms. The van der Waals surface area contributed by atoms with Gasteiger partial charge in [-0.1, -0.05) is 0 Å². The molecule has 1 atom stereocenters. The van der Waals surface area contributed by atoms with E-state index in [1.807, 2.05) is 4.90 Å². The Kier molecular flexibility index (Phi) is 3.88. The zero-order valence-corrected chi connectivity index (χ0v) is 13.5. The Morgan fingerprint density at radius 2 is 2.00 bits per heavy atom. The van der Waals surface area contributed by atoms with Crippen LogP contribution in [0, 0.1) is 0 Å². The maximum atomic E-state index is 12.7. The van der Waals surface area contributed by atoms with Crippen molar-refractivity contribution >= 4 is 5.91 Å². The highest BCUT2D eigenvalue weighted by molar-refractivity contribution is 5.94. The molecule has 6 heteroatoms. The molecule has 0 spiro atoms. The number of amides is 1. The van der Waals surface area contributed by atoms with Crippen molar-refractivity contribution in [2.24, 2.45) is 0 Å². The molecule has 2 aliphatic heterocycles. The van der Waals surface area contributed by atoms with Gasteiger partial charge in [-0.3, -0.25) is 14.6 Å². The van der Waals surface area contributed by atoms with E-state index >= 15 is 0 Å². The van der Waals surface area contributed by atoms with Crippen molar-refractivity contribution in [2.75, 3.05) is 13.1 Å². The average Bonchev–Trinajstić information content (AvgIpc) is 3.09. The van der Waals surface area contributed by atoms with Gasteiger partial charge in [-0.15, -0.1) is 0 Å². The van der Waals surface area contributed by atoms with Gasteiger partial charge in [0.15, 0.2) is 0 Å². The molecule has 0 N–H and O–H groups in total. The Hall–Kier alpha value is -2.50. The number of likely N-dealkylation sites (tertiary alicyclic amines) is 1. The summed E-state index contributed by atoms with van der Waals surface area (Å²) in [6.45, 7) is 2.34. The Morgan fingerprint density at radius 1 is 1.17 bits per heavy atom. The average molecular weight is 324 g/mol. The lowest BCUT2D eigenvalue weighted by molar-refractivity contribution is 0.0704. The van der Waals surface area contributed by atoms with Crippen LogP contribution in [0.15, 0.2) is 35.4 Å². The Labute approximate surface area is 140 Å². The van der Waals surface area contributed by atoms with Crippen LogP contribution < -0.4 is 5.56 Å². The normalized spacial score (nSPS) is 20.0. The summed E-state index contributed by atoms with van der Waals surface area (Å²) in [5.41, 5.74) is 1.56. The molecular weight excluding hydrogens is 304 g/mol. The van der Waals surface area contributed by atoms with Crippen molar-refractivity contribution in [1.82, 2.24) is 19.4 Å². The zero-order chi connectivity index (χ0) is 16.5. The number of carbonyl (C=O) groups excluding carboxylic acids is 1. The fourth-order valence-electron chi connectivity index (χ4n) is 3.84. The van der Waals surface area contributed by atoms with Gasteiger partial charge in [-0.2, -0.15) is 4.98 Å². The Morgan fingerprint density at radius 3 is 2.83 bits per heavy atom. The number of hydrogen-bond donors (Lipinski definition) is 0. The predicted molar refractivity (Wildman–Crippen MR) is 88.9 cm³/mol. The summed E-state index contributed by atoms with van der Waals surface area (Å²) in [5, 5.41) is 0. The molecule has 2 aromatic rings. The minimum absolute atomic E-state index is 0.0418. The van der Waals surface area contributed by atoms with E-state index in [1.165, 1.54) is 0 Å². The van der Waals surface area contributed by atoms with Crippen LogP contribution in [-0.4, -0.2) is 38.4 Å². The van der Waals surface area contributed by atoms with Crippen LogP contribution in [0.1, 0.15) is 47.1 Å². The van der Waals surface area contributed by atoms with E-state index in [0.29, 0.717) is 12.1 Å². The molecule has 24 heavy (non-hydrogen) atoms. The molecular formula is C18H20N4O2. The van der Waals surface area contributed by atoms with Gasteiger partial charge in [0.25, 0.3) is 11.5 Å². The third kappa shape index (κ3) is 2.72.